The number of unbranched alkanes of at least 4 members (excludes halogenated alkanes) is 2. The van der Waals surface area contributed by atoms with E-state index in [9.17, 15) is 0 Å². The average molecular weight is 298 g/mol. The third kappa shape index (κ3) is 6.09. The standard InChI is InChI=1S/C19H31BN2/c1-5-7-14-20(15-8-6-2)22-17(4)16(3)19(21)18-12-10-9-11-13-18/h9-13H,5-8,14-15,21H2,1-4H3. The third-order valence-electron chi connectivity index (χ3n) is 4.19. The predicted octanol–water partition coefficient (Wildman–Crippen LogP) is 5.43. The van der Waals surface area contributed by atoms with E-state index in [1.165, 1.54) is 38.3 Å². The largest absolute Gasteiger partial charge is 0.398 e. The first-order valence-electron chi connectivity index (χ1n) is 8.66. The molecule has 0 aliphatic carbocycles. The number of hydrogen-bond donors (Lipinski definition) is 1. The molecule has 0 spiro atoms. The Kier molecular flexibility index (Phi) is 8.65. The zero-order valence-electron chi connectivity index (χ0n) is 14.7. The highest BCUT2D eigenvalue weighted by Crippen LogP contribution is 2.17. The van der Waals surface area contributed by atoms with Crippen molar-refractivity contribution >= 4 is 18.3 Å². The zero-order chi connectivity index (χ0) is 16.4. The highest BCUT2D eigenvalue weighted by molar-refractivity contribution is 6.58. The molecular weight excluding hydrogens is 267 g/mol. The van der Waals surface area contributed by atoms with E-state index in [1.807, 2.05) is 18.2 Å². The van der Waals surface area contributed by atoms with Crippen LogP contribution in [-0.2, 0) is 0 Å². The van der Waals surface area contributed by atoms with Crippen LogP contribution in [0.25, 0.3) is 5.70 Å². The van der Waals surface area contributed by atoms with Crippen molar-refractivity contribution in [3.05, 3.63) is 41.5 Å². The van der Waals surface area contributed by atoms with Crippen LogP contribution < -0.4 is 5.73 Å². The lowest BCUT2D eigenvalue weighted by Crippen LogP contribution is -2.14. The summed E-state index contributed by atoms with van der Waals surface area (Å²) in [6, 6.07) is 10.2. The molecule has 0 aliphatic rings. The molecule has 0 fully saturated rings. The van der Waals surface area contributed by atoms with Gasteiger partial charge in [0.2, 0.25) is 0 Å². The first kappa shape index (κ1) is 18.5. The molecule has 22 heavy (non-hydrogen) atoms. The Morgan fingerprint density at radius 2 is 1.55 bits per heavy atom. The van der Waals surface area contributed by atoms with Gasteiger partial charge in [0.1, 0.15) is 0 Å². The smallest absolute Gasteiger partial charge is 0.279 e. The summed E-state index contributed by atoms with van der Waals surface area (Å²) in [5, 5.41) is 0. The van der Waals surface area contributed by atoms with Crippen LogP contribution in [0.15, 0.2) is 40.8 Å². The Morgan fingerprint density at radius 3 is 2.05 bits per heavy atom. The molecule has 1 aromatic carbocycles. The van der Waals surface area contributed by atoms with Gasteiger partial charge in [0.05, 0.1) is 0 Å². The lowest BCUT2D eigenvalue weighted by molar-refractivity contribution is 0.839. The van der Waals surface area contributed by atoms with Crippen LogP contribution in [0.4, 0.5) is 0 Å². The molecule has 2 nitrogen and oxygen atoms in total. The molecule has 1 rings (SSSR count). The molecule has 0 aromatic heterocycles. The van der Waals surface area contributed by atoms with Crippen LogP contribution in [0.5, 0.6) is 0 Å². The minimum atomic E-state index is 0.443. The number of hydrogen-bond acceptors (Lipinski definition) is 2. The van der Waals surface area contributed by atoms with Crippen molar-refractivity contribution in [2.75, 3.05) is 0 Å². The van der Waals surface area contributed by atoms with Gasteiger partial charge in [-0.15, -0.1) is 0 Å². The molecule has 0 radical (unpaired) electrons. The number of allylic oxidation sites excluding steroid dienone is 1. The lowest BCUT2D eigenvalue weighted by atomic mass is 9.55. The molecule has 0 saturated carbocycles. The minimum Gasteiger partial charge on any atom is -0.398 e. The molecule has 0 heterocycles. The third-order valence-corrected chi connectivity index (χ3v) is 4.19. The van der Waals surface area contributed by atoms with Crippen molar-refractivity contribution in [2.24, 2.45) is 10.6 Å². The van der Waals surface area contributed by atoms with Gasteiger partial charge in [-0.05, 0) is 25.0 Å². The van der Waals surface area contributed by atoms with E-state index in [4.69, 9.17) is 10.6 Å². The second-order valence-corrected chi connectivity index (χ2v) is 6.06. The summed E-state index contributed by atoms with van der Waals surface area (Å²) >= 11 is 0. The first-order valence-corrected chi connectivity index (χ1v) is 8.66. The van der Waals surface area contributed by atoms with Gasteiger partial charge in [-0.3, -0.25) is 0 Å². The van der Waals surface area contributed by atoms with E-state index < -0.39 is 0 Å². The fraction of sp³-hybridized carbons (Fsp3) is 0.526. The molecule has 0 amide bonds. The van der Waals surface area contributed by atoms with Gasteiger partial charge >= 0.3 is 0 Å². The molecule has 0 aliphatic heterocycles. The highest BCUT2D eigenvalue weighted by atomic mass is 14.7. The van der Waals surface area contributed by atoms with Crippen molar-refractivity contribution in [1.29, 1.82) is 0 Å². The fourth-order valence-corrected chi connectivity index (χ4v) is 2.55. The van der Waals surface area contributed by atoms with E-state index in [0.29, 0.717) is 6.85 Å². The monoisotopic (exact) mass is 298 g/mol. The summed E-state index contributed by atoms with van der Waals surface area (Å²) in [5.41, 5.74) is 10.4. The van der Waals surface area contributed by atoms with Crippen LogP contribution in [0, 0.1) is 0 Å². The van der Waals surface area contributed by atoms with E-state index >= 15 is 0 Å². The number of rotatable bonds is 9. The molecule has 2 N–H and O–H groups in total. The fourth-order valence-electron chi connectivity index (χ4n) is 2.55. The van der Waals surface area contributed by atoms with Gasteiger partial charge in [0.15, 0.2) is 0 Å². The molecule has 120 valence electrons. The Hall–Kier alpha value is -1.51. The first-order chi connectivity index (χ1) is 10.6. The van der Waals surface area contributed by atoms with Crippen molar-refractivity contribution < 1.29 is 0 Å². The van der Waals surface area contributed by atoms with Crippen LogP contribution in [-0.4, -0.2) is 12.6 Å². The summed E-state index contributed by atoms with van der Waals surface area (Å²) < 4.78 is 0. The molecule has 0 atom stereocenters. The maximum Gasteiger partial charge on any atom is 0.279 e. The number of benzene rings is 1. The van der Waals surface area contributed by atoms with Crippen molar-refractivity contribution in [3.8, 4) is 0 Å². The van der Waals surface area contributed by atoms with Gasteiger partial charge in [-0.2, -0.15) is 0 Å². The Labute approximate surface area is 137 Å². The zero-order valence-corrected chi connectivity index (χ0v) is 14.7. The average Bonchev–Trinajstić information content (AvgIpc) is 2.56. The Morgan fingerprint density at radius 1 is 1.00 bits per heavy atom. The predicted molar refractivity (Wildman–Crippen MR) is 102 cm³/mol. The molecular formula is C19H31BN2. The van der Waals surface area contributed by atoms with Crippen LogP contribution in [0.2, 0.25) is 12.6 Å². The lowest BCUT2D eigenvalue weighted by Gasteiger charge is -2.12. The quantitative estimate of drug-likeness (QED) is 0.479. The molecule has 1 aromatic rings. The van der Waals surface area contributed by atoms with Crippen molar-refractivity contribution in [1.82, 2.24) is 0 Å². The SMILES string of the molecule is CCCCB(CCCC)N=C(C)C(C)=C(N)c1ccccc1. The number of nitrogens with two attached hydrogens (primary N) is 1. The van der Waals surface area contributed by atoms with Crippen molar-refractivity contribution in [2.45, 2.75) is 66.0 Å². The second-order valence-electron chi connectivity index (χ2n) is 6.06. The van der Waals surface area contributed by atoms with E-state index in [-0.39, 0.29) is 0 Å². The van der Waals surface area contributed by atoms with E-state index in [2.05, 4.69) is 39.8 Å². The molecule has 0 unspecified atom stereocenters. The maximum absolute atomic E-state index is 6.31. The van der Waals surface area contributed by atoms with Crippen LogP contribution >= 0.6 is 0 Å². The Bertz CT molecular complexity index is 483. The minimum absolute atomic E-state index is 0.443. The van der Waals surface area contributed by atoms with Gasteiger partial charge in [-0.1, -0.05) is 82.5 Å². The summed E-state index contributed by atoms with van der Waals surface area (Å²) in [6.07, 6.45) is 7.35. The van der Waals surface area contributed by atoms with Gasteiger partial charge in [-0.25, -0.2) is 0 Å². The summed E-state index contributed by atoms with van der Waals surface area (Å²) in [4.78, 5) is 4.98. The Balaban J connectivity index is 2.90. The normalized spacial score (nSPS) is 13.0. The topological polar surface area (TPSA) is 38.4 Å². The van der Waals surface area contributed by atoms with Gasteiger partial charge in [0, 0.05) is 11.4 Å². The highest BCUT2D eigenvalue weighted by Gasteiger charge is 2.13. The second kappa shape index (κ2) is 10.3. The summed E-state index contributed by atoms with van der Waals surface area (Å²) in [7, 11) is 0. The van der Waals surface area contributed by atoms with Crippen LogP contribution in [0.3, 0.4) is 0 Å². The molecule has 3 heteroatoms. The summed E-state index contributed by atoms with van der Waals surface area (Å²) in [5.74, 6) is 0. The van der Waals surface area contributed by atoms with Crippen LogP contribution in [0.1, 0.15) is 58.9 Å². The van der Waals surface area contributed by atoms with Gasteiger partial charge < -0.3 is 10.6 Å². The molecule has 0 bridgehead atoms. The van der Waals surface area contributed by atoms with E-state index in [0.717, 1.165) is 22.5 Å². The van der Waals surface area contributed by atoms with Gasteiger partial charge in [0.25, 0.3) is 6.85 Å². The summed E-state index contributed by atoms with van der Waals surface area (Å²) in [6.45, 7) is 9.10. The van der Waals surface area contributed by atoms with E-state index in [1.54, 1.807) is 0 Å². The number of nitrogens with zero attached hydrogens (tertiary/aromatic N) is 1. The van der Waals surface area contributed by atoms with Crippen molar-refractivity contribution in [3.63, 3.8) is 0 Å². The maximum atomic E-state index is 6.31. The molecule has 0 saturated heterocycles.